The number of piperidine rings is 1. The van der Waals surface area contributed by atoms with Crippen molar-refractivity contribution in [3.05, 3.63) is 76.5 Å². The van der Waals surface area contributed by atoms with Crippen molar-refractivity contribution < 1.29 is 13.2 Å². The lowest BCUT2D eigenvalue weighted by Gasteiger charge is -2.32. The minimum absolute atomic E-state index is 0.0924. The van der Waals surface area contributed by atoms with Crippen molar-refractivity contribution in [1.82, 2.24) is 23.6 Å². The number of carbonyl (C=O) groups is 1. The highest BCUT2D eigenvalue weighted by Gasteiger charge is 2.30. The molecule has 0 saturated carbocycles. The summed E-state index contributed by atoms with van der Waals surface area (Å²) >= 11 is 0. The Balaban J connectivity index is 1.59. The van der Waals surface area contributed by atoms with Gasteiger partial charge in [-0.1, -0.05) is 18.2 Å². The third kappa shape index (κ3) is 4.36. The van der Waals surface area contributed by atoms with Gasteiger partial charge in [-0.15, -0.1) is 0 Å². The molecule has 0 radical (unpaired) electrons. The van der Waals surface area contributed by atoms with Gasteiger partial charge in [-0.2, -0.15) is 5.10 Å². The molecule has 1 saturated heterocycles. The maximum absolute atomic E-state index is 13.2. The van der Waals surface area contributed by atoms with Gasteiger partial charge in [0.2, 0.25) is 10.0 Å². The van der Waals surface area contributed by atoms with Crippen molar-refractivity contribution in [2.75, 3.05) is 27.2 Å². The summed E-state index contributed by atoms with van der Waals surface area (Å²) in [6.07, 6.45) is 1.59. The lowest BCUT2D eigenvalue weighted by Crippen LogP contribution is -2.40. The Hall–Kier alpha value is -3.24. The first-order valence-electron chi connectivity index (χ1n) is 10.7. The number of carbonyl (C=O) groups excluding carboxylic acids is 1. The van der Waals surface area contributed by atoms with Gasteiger partial charge in [-0.05, 0) is 49.2 Å². The van der Waals surface area contributed by atoms with E-state index in [0.717, 1.165) is 22.8 Å². The van der Waals surface area contributed by atoms with Gasteiger partial charge in [0, 0.05) is 45.7 Å². The molecule has 33 heavy (non-hydrogen) atoms. The number of aromatic nitrogens is 3. The Morgan fingerprint density at radius 3 is 2.36 bits per heavy atom. The molecule has 1 fully saturated rings. The largest absolute Gasteiger partial charge is 0.350 e. The zero-order chi connectivity index (χ0) is 23.8. The number of amides is 1. The van der Waals surface area contributed by atoms with Crippen LogP contribution in [0.2, 0.25) is 0 Å². The van der Waals surface area contributed by atoms with E-state index < -0.39 is 10.0 Å². The molecule has 1 amide bonds. The molecule has 0 aliphatic carbocycles. The number of para-hydroxylation sites is 1. The number of sulfonamides is 1. The lowest BCUT2D eigenvalue weighted by molar-refractivity contribution is 0.0703. The van der Waals surface area contributed by atoms with Crippen LogP contribution in [-0.2, 0) is 17.1 Å². The topological polar surface area (TPSA) is 97.5 Å². The summed E-state index contributed by atoms with van der Waals surface area (Å²) in [6.45, 7) is 1.02. The van der Waals surface area contributed by atoms with E-state index in [1.165, 1.54) is 30.9 Å². The van der Waals surface area contributed by atoms with E-state index in [1.54, 1.807) is 28.6 Å². The molecule has 1 aliphatic heterocycles. The fourth-order valence-corrected chi connectivity index (χ4v) is 5.00. The van der Waals surface area contributed by atoms with Crippen LogP contribution in [0.3, 0.4) is 0 Å². The Bertz CT molecular complexity index is 1310. The first-order valence-corrected chi connectivity index (χ1v) is 12.2. The van der Waals surface area contributed by atoms with Gasteiger partial charge in [-0.3, -0.25) is 4.79 Å². The van der Waals surface area contributed by atoms with Crippen LogP contribution in [0.15, 0.2) is 64.3 Å². The molecule has 0 N–H and O–H groups in total. The Morgan fingerprint density at radius 1 is 1.06 bits per heavy atom. The highest BCUT2D eigenvalue weighted by Crippen LogP contribution is 2.27. The fraction of sp³-hybridized carbons (Fsp3) is 0.348. The summed E-state index contributed by atoms with van der Waals surface area (Å²) < 4.78 is 28.6. The van der Waals surface area contributed by atoms with Gasteiger partial charge in [0.25, 0.3) is 5.91 Å². The molecule has 2 aromatic carbocycles. The maximum atomic E-state index is 13.2. The number of hydrogen-bond donors (Lipinski definition) is 0. The van der Waals surface area contributed by atoms with E-state index in [2.05, 4.69) is 5.10 Å². The second-order valence-corrected chi connectivity index (χ2v) is 10.5. The van der Waals surface area contributed by atoms with Crippen LogP contribution in [0.25, 0.3) is 5.69 Å². The van der Waals surface area contributed by atoms with E-state index in [1.807, 2.05) is 30.3 Å². The zero-order valence-corrected chi connectivity index (χ0v) is 19.7. The number of hydrogen-bond acceptors (Lipinski definition) is 5. The fourth-order valence-electron chi connectivity index (χ4n) is 4.10. The molecule has 1 atom stereocenters. The van der Waals surface area contributed by atoms with Crippen LogP contribution in [0.4, 0.5) is 0 Å². The number of rotatable bonds is 5. The van der Waals surface area contributed by atoms with E-state index in [4.69, 9.17) is 0 Å². The molecule has 174 valence electrons. The summed E-state index contributed by atoms with van der Waals surface area (Å²) in [5, 5.41) is 4.49. The van der Waals surface area contributed by atoms with E-state index >= 15 is 0 Å². The molecule has 1 aromatic heterocycles. The summed E-state index contributed by atoms with van der Waals surface area (Å²) in [6, 6.07) is 15.4. The van der Waals surface area contributed by atoms with Crippen LogP contribution in [-0.4, -0.2) is 65.1 Å². The summed E-state index contributed by atoms with van der Waals surface area (Å²) in [4.78, 5) is 27.8. The standard InChI is InChI=1S/C23H27N5O4S/c1-25(2)33(31,32)20-13-11-17(12-14-20)22(29)27-15-7-8-18(16-27)21-24-26(3)23(30)28(21)19-9-5-4-6-10-19/h4-6,9-14,18H,7-8,15-16H2,1-3H3. The third-order valence-electron chi connectivity index (χ3n) is 5.92. The minimum Gasteiger partial charge on any atom is -0.338 e. The highest BCUT2D eigenvalue weighted by molar-refractivity contribution is 7.89. The normalized spacial score (nSPS) is 16.8. The van der Waals surface area contributed by atoms with Crippen molar-refractivity contribution >= 4 is 15.9 Å². The number of nitrogens with zero attached hydrogens (tertiary/aromatic N) is 5. The first-order chi connectivity index (χ1) is 15.7. The molecular weight excluding hydrogens is 442 g/mol. The molecule has 4 rings (SSSR count). The van der Waals surface area contributed by atoms with Crippen LogP contribution in [0.1, 0.15) is 34.9 Å². The summed E-state index contributed by atoms with van der Waals surface area (Å²) in [7, 11) is 1.00. The molecule has 1 aliphatic rings. The maximum Gasteiger partial charge on any atom is 0.350 e. The van der Waals surface area contributed by atoms with Gasteiger partial charge in [-0.25, -0.2) is 26.8 Å². The van der Waals surface area contributed by atoms with E-state index in [9.17, 15) is 18.0 Å². The molecule has 2 heterocycles. The number of aryl methyl sites for hydroxylation is 1. The SMILES string of the molecule is CN(C)S(=O)(=O)c1ccc(C(=O)N2CCCC(c3nn(C)c(=O)n3-c3ccccc3)C2)cc1. The number of benzene rings is 2. The molecule has 0 spiro atoms. The Labute approximate surface area is 192 Å². The molecular formula is C23H27N5O4S. The van der Waals surface area contributed by atoms with E-state index in [-0.39, 0.29) is 22.4 Å². The van der Waals surface area contributed by atoms with Crippen LogP contribution in [0, 0.1) is 0 Å². The predicted molar refractivity (Wildman–Crippen MR) is 124 cm³/mol. The van der Waals surface area contributed by atoms with Gasteiger partial charge < -0.3 is 4.90 Å². The minimum atomic E-state index is -3.56. The predicted octanol–water partition coefficient (Wildman–Crippen LogP) is 1.84. The third-order valence-corrected chi connectivity index (χ3v) is 7.75. The second-order valence-electron chi connectivity index (χ2n) is 8.34. The van der Waals surface area contributed by atoms with Crippen LogP contribution in [0.5, 0.6) is 0 Å². The van der Waals surface area contributed by atoms with Gasteiger partial charge in [0.1, 0.15) is 5.82 Å². The zero-order valence-electron chi connectivity index (χ0n) is 18.9. The molecule has 9 nitrogen and oxygen atoms in total. The van der Waals surface area contributed by atoms with Crippen molar-refractivity contribution in [2.45, 2.75) is 23.7 Å². The second kappa shape index (κ2) is 8.95. The highest BCUT2D eigenvalue weighted by atomic mass is 32.2. The van der Waals surface area contributed by atoms with Crippen molar-refractivity contribution in [2.24, 2.45) is 7.05 Å². The van der Waals surface area contributed by atoms with Crippen molar-refractivity contribution in [3.63, 3.8) is 0 Å². The molecule has 1 unspecified atom stereocenters. The average molecular weight is 470 g/mol. The monoisotopic (exact) mass is 469 g/mol. The smallest absolute Gasteiger partial charge is 0.338 e. The average Bonchev–Trinajstić information content (AvgIpc) is 3.13. The number of likely N-dealkylation sites (tertiary alicyclic amines) is 1. The molecule has 3 aromatic rings. The summed E-state index contributed by atoms with van der Waals surface area (Å²) in [5.74, 6) is 0.377. The molecule has 10 heteroatoms. The lowest BCUT2D eigenvalue weighted by atomic mass is 9.96. The summed E-state index contributed by atoms with van der Waals surface area (Å²) in [5.41, 5.74) is 0.943. The quantitative estimate of drug-likeness (QED) is 0.568. The van der Waals surface area contributed by atoms with Gasteiger partial charge in [0.05, 0.1) is 10.6 Å². The Kier molecular flexibility index (Phi) is 6.22. The van der Waals surface area contributed by atoms with Crippen LogP contribution >= 0.6 is 0 Å². The van der Waals surface area contributed by atoms with E-state index in [0.29, 0.717) is 24.5 Å². The van der Waals surface area contributed by atoms with Crippen molar-refractivity contribution in [3.8, 4) is 5.69 Å². The first kappa shape index (κ1) is 22.9. The van der Waals surface area contributed by atoms with Crippen molar-refractivity contribution in [1.29, 1.82) is 0 Å². The van der Waals surface area contributed by atoms with Gasteiger partial charge in [0.15, 0.2) is 0 Å². The van der Waals surface area contributed by atoms with Crippen LogP contribution < -0.4 is 5.69 Å². The van der Waals surface area contributed by atoms with Gasteiger partial charge >= 0.3 is 5.69 Å². The Morgan fingerprint density at radius 2 is 1.73 bits per heavy atom. The molecule has 0 bridgehead atoms.